The first-order valence-electron chi connectivity index (χ1n) is 6.13. The summed E-state index contributed by atoms with van der Waals surface area (Å²) in [5, 5.41) is 0. The van der Waals surface area contributed by atoms with E-state index in [0.717, 1.165) is 17.4 Å². The van der Waals surface area contributed by atoms with Gasteiger partial charge in [-0.3, -0.25) is 14.0 Å². The second-order valence-electron chi connectivity index (χ2n) is 4.23. The molecule has 1 aromatic rings. The molecule has 0 radical (unpaired) electrons. The first-order chi connectivity index (χ1) is 9.31. The summed E-state index contributed by atoms with van der Waals surface area (Å²) in [6.45, 7) is 3.28. The molecule has 20 heavy (non-hydrogen) atoms. The van der Waals surface area contributed by atoms with Gasteiger partial charge >= 0.3 is 5.97 Å². The number of benzene rings is 1. The monoisotopic (exact) mass is 302 g/mol. The van der Waals surface area contributed by atoms with Crippen LogP contribution in [-0.4, -0.2) is 27.2 Å². The Hall–Kier alpha value is -1.60. The highest BCUT2D eigenvalue weighted by Crippen LogP contribution is 2.21. The molecule has 0 N–H and O–H groups in total. The van der Waals surface area contributed by atoms with E-state index in [1.165, 1.54) is 6.92 Å². The van der Waals surface area contributed by atoms with Crippen LogP contribution in [0, 0.1) is 0 Å². The molecule has 0 bridgehead atoms. The molecule has 0 saturated carbocycles. The van der Waals surface area contributed by atoms with Gasteiger partial charge in [-0.15, -0.1) is 0 Å². The molecule has 1 aromatic carbocycles. The van der Waals surface area contributed by atoms with Crippen molar-refractivity contribution in [2.24, 2.45) is 0 Å². The zero-order chi connectivity index (χ0) is 15.2. The van der Waals surface area contributed by atoms with Crippen LogP contribution in [0.5, 0.6) is 5.75 Å². The lowest BCUT2D eigenvalue weighted by atomic mass is 10.1. The summed E-state index contributed by atoms with van der Waals surface area (Å²) in [5.74, 6) is -0.0619. The first kappa shape index (κ1) is 16.5. The van der Waals surface area contributed by atoms with Crippen molar-refractivity contribution in [1.29, 1.82) is 0 Å². The van der Waals surface area contributed by atoms with Crippen molar-refractivity contribution in [1.82, 2.24) is 0 Å². The van der Waals surface area contributed by atoms with Crippen LogP contribution in [0.15, 0.2) is 18.2 Å². The zero-order valence-electron chi connectivity index (χ0n) is 11.7. The summed E-state index contributed by atoms with van der Waals surface area (Å²) < 4.78 is 26.4. The van der Waals surface area contributed by atoms with Gasteiger partial charge in [-0.1, -0.05) is 19.1 Å². The largest absolute Gasteiger partial charge is 0.352 e. The summed E-state index contributed by atoms with van der Waals surface area (Å²) in [5.41, 5.74) is 1.78. The Morgan fingerprint density at radius 3 is 2.55 bits per heavy atom. The van der Waals surface area contributed by atoms with Gasteiger partial charge in [0.15, 0.2) is 5.75 Å². The van der Waals surface area contributed by atoms with Crippen LogP contribution in [0.25, 0.3) is 0 Å². The third-order valence-electron chi connectivity index (χ3n) is 2.44. The van der Waals surface area contributed by atoms with Crippen LogP contribution in [0.3, 0.4) is 0 Å². The van der Waals surface area contributed by atoms with E-state index in [1.54, 1.807) is 12.1 Å². The van der Waals surface area contributed by atoms with E-state index in [2.05, 4.69) is 9.07 Å². The molecule has 112 valence electrons. The van der Waals surface area contributed by atoms with Crippen LogP contribution in [0.1, 0.15) is 25.0 Å². The van der Waals surface area contributed by atoms with E-state index in [0.29, 0.717) is 18.6 Å². The van der Waals surface area contributed by atoms with E-state index in [-0.39, 0.29) is 6.61 Å². The maximum Gasteiger partial charge on any atom is 0.352 e. The smallest absolute Gasteiger partial charge is 0.287 e. The van der Waals surface area contributed by atoms with E-state index < -0.39 is 16.1 Å². The highest BCUT2D eigenvalue weighted by Gasteiger charge is 2.08. The topological polar surface area (TPSA) is 78.9 Å². The second-order valence-corrected chi connectivity index (χ2v) is 5.87. The molecular formula is C13H18O6S. The standard InChI is InChI=1S/C13H18O6S/c1-4-12-9-11(7-8-17-20(3,15)16)5-6-13(12)19-18-10(2)14/h5-6,9H,4,7-8H2,1-3H3. The van der Waals surface area contributed by atoms with Gasteiger partial charge in [0.2, 0.25) is 0 Å². The van der Waals surface area contributed by atoms with Gasteiger partial charge in [0.05, 0.1) is 12.9 Å². The lowest BCUT2D eigenvalue weighted by Gasteiger charge is -2.09. The SMILES string of the molecule is CCc1cc(CCOS(C)(=O)=O)ccc1OOC(C)=O. The van der Waals surface area contributed by atoms with Gasteiger partial charge in [-0.25, -0.2) is 4.79 Å². The van der Waals surface area contributed by atoms with Crippen LogP contribution in [-0.2, 0) is 36.8 Å². The summed E-state index contributed by atoms with van der Waals surface area (Å²) in [6.07, 6.45) is 2.17. The van der Waals surface area contributed by atoms with E-state index in [4.69, 9.17) is 4.89 Å². The third-order valence-corrected chi connectivity index (χ3v) is 3.04. The third kappa shape index (κ3) is 6.03. The lowest BCUT2D eigenvalue weighted by Crippen LogP contribution is -2.07. The van der Waals surface area contributed by atoms with Gasteiger partial charge in [-0.2, -0.15) is 8.42 Å². The van der Waals surface area contributed by atoms with Gasteiger partial charge in [0, 0.05) is 6.92 Å². The minimum Gasteiger partial charge on any atom is -0.287 e. The zero-order valence-corrected chi connectivity index (χ0v) is 12.5. The molecule has 0 heterocycles. The normalized spacial score (nSPS) is 11.2. The van der Waals surface area contributed by atoms with Gasteiger partial charge in [0.1, 0.15) is 0 Å². The Bertz CT molecular complexity index is 564. The minimum atomic E-state index is -3.42. The van der Waals surface area contributed by atoms with Crippen LogP contribution in [0.4, 0.5) is 0 Å². The molecule has 0 amide bonds. The highest BCUT2D eigenvalue weighted by atomic mass is 32.2. The molecule has 0 saturated heterocycles. The number of hydrogen-bond acceptors (Lipinski definition) is 6. The van der Waals surface area contributed by atoms with Crippen LogP contribution < -0.4 is 4.89 Å². The van der Waals surface area contributed by atoms with E-state index in [1.807, 2.05) is 13.0 Å². The molecule has 0 aliphatic rings. The Morgan fingerprint density at radius 1 is 1.30 bits per heavy atom. The Morgan fingerprint density at radius 2 is 2.00 bits per heavy atom. The quantitative estimate of drug-likeness (QED) is 0.433. The molecule has 0 aromatic heterocycles. The molecule has 1 rings (SSSR count). The van der Waals surface area contributed by atoms with Gasteiger partial charge in [-0.05, 0) is 30.0 Å². The minimum absolute atomic E-state index is 0.0894. The number of rotatable bonds is 7. The van der Waals surface area contributed by atoms with Crippen LogP contribution >= 0.6 is 0 Å². The Balaban J connectivity index is 2.69. The fourth-order valence-corrected chi connectivity index (χ4v) is 1.95. The molecular weight excluding hydrogens is 284 g/mol. The van der Waals surface area contributed by atoms with Crippen molar-refractivity contribution in [3.63, 3.8) is 0 Å². The molecule has 7 heteroatoms. The predicted octanol–water partition coefficient (Wildman–Crippen LogP) is 1.62. The Kier molecular flexibility index (Phi) is 5.97. The Labute approximate surface area is 118 Å². The summed E-state index contributed by atoms with van der Waals surface area (Å²) in [7, 11) is -3.42. The van der Waals surface area contributed by atoms with Crippen molar-refractivity contribution in [3.05, 3.63) is 29.3 Å². The summed E-state index contributed by atoms with van der Waals surface area (Å²) in [6, 6.07) is 5.31. The fourth-order valence-electron chi connectivity index (χ4n) is 1.56. The first-order valence-corrected chi connectivity index (χ1v) is 7.94. The van der Waals surface area contributed by atoms with Crippen molar-refractivity contribution in [2.75, 3.05) is 12.9 Å². The molecule has 0 atom stereocenters. The van der Waals surface area contributed by atoms with Crippen LogP contribution in [0.2, 0.25) is 0 Å². The van der Waals surface area contributed by atoms with E-state index in [9.17, 15) is 13.2 Å². The number of carbonyl (C=O) groups is 1. The highest BCUT2D eigenvalue weighted by molar-refractivity contribution is 7.85. The molecule has 6 nitrogen and oxygen atoms in total. The number of carbonyl (C=O) groups excluding carboxylic acids is 1. The maximum absolute atomic E-state index is 10.9. The fraction of sp³-hybridized carbons (Fsp3) is 0.462. The maximum atomic E-state index is 10.9. The van der Waals surface area contributed by atoms with Gasteiger partial charge in [0.25, 0.3) is 10.1 Å². The molecule has 0 aliphatic carbocycles. The van der Waals surface area contributed by atoms with Crippen molar-refractivity contribution in [3.8, 4) is 5.75 Å². The molecule has 0 unspecified atom stereocenters. The van der Waals surface area contributed by atoms with Crippen molar-refractivity contribution in [2.45, 2.75) is 26.7 Å². The average molecular weight is 302 g/mol. The average Bonchev–Trinajstić information content (AvgIpc) is 2.35. The number of aryl methyl sites for hydroxylation is 1. The second kappa shape index (κ2) is 7.25. The molecule has 0 spiro atoms. The molecule has 0 aliphatic heterocycles. The number of hydrogen-bond donors (Lipinski definition) is 0. The van der Waals surface area contributed by atoms with Crippen molar-refractivity contribution >= 4 is 16.1 Å². The lowest BCUT2D eigenvalue weighted by molar-refractivity contribution is -0.211. The van der Waals surface area contributed by atoms with Gasteiger partial charge < -0.3 is 0 Å². The predicted molar refractivity (Wildman–Crippen MR) is 72.7 cm³/mol. The summed E-state index contributed by atoms with van der Waals surface area (Å²) >= 11 is 0. The molecule has 0 fully saturated rings. The summed E-state index contributed by atoms with van der Waals surface area (Å²) in [4.78, 5) is 20.1. The van der Waals surface area contributed by atoms with Crippen molar-refractivity contribution < 1.29 is 27.2 Å². The van der Waals surface area contributed by atoms with E-state index >= 15 is 0 Å².